The number of epoxide rings is 1. The van der Waals surface area contributed by atoms with Gasteiger partial charge in [0.2, 0.25) is 12.5 Å². The van der Waals surface area contributed by atoms with Crippen LogP contribution in [0.2, 0.25) is 0 Å². The molecule has 0 bridgehead atoms. The summed E-state index contributed by atoms with van der Waals surface area (Å²) in [6.45, 7) is 1.92. The Morgan fingerprint density at radius 3 is 2.70 bits per heavy atom. The number of hydrogen-bond donors (Lipinski definition) is 0. The summed E-state index contributed by atoms with van der Waals surface area (Å²) in [4.78, 5) is 7.67. The minimum atomic E-state index is -0.593. The van der Waals surface area contributed by atoms with Gasteiger partial charge in [0.1, 0.15) is 0 Å². The van der Waals surface area contributed by atoms with E-state index in [1.807, 2.05) is 12.1 Å². The lowest BCUT2D eigenvalue weighted by atomic mass is 9.91. The molecule has 0 aliphatic carbocycles. The number of likely N-dealkylation sites (tertiary alicyclic amines) is 1. The van der Waals surface area contributed by atoms with Gasteiger partial charge in [-0.05, 0) is 40.6 Å². The van der Waals surface area contributed by atoms with Crippen molar-refractivity contribution in [2.45, 2.75) is 23.9 Å². The number of rotatable bonds is 3. The summed E-state index contributed by atoms with van der Waals surface area (Å²) >= 11 is 0. The van der Waals surface area contributed by atoms with Crippen LogP contribution in [-0.4, -0.2) is 29.6 Å². The van der Waals surface area contributed by atoms with Crippen molar-refractivity contribution < 1.29 is 14.2 Å². The maximum atomic E-state index is 6.49. The number of para-hydroxylation sites is 1. The molecule has 2 fully saturated rings. The molecule has 4 aliphatic rings. The summed E-state index contributed by atoms with van der Waals surface area (Å²) < 4.78 is 17.7. The van der Waals surface area contributed by atoms with Crippen molar-refractivity contribution in [3.8, 4) is 11.5 Å². The van der Waals surface area contributed by atoms with Crippen LogP contribution in [-0.2, 0) is 11.3 Å². The van der Waals surface area contributed by atoms with E-state index in [0.29, 0.717) is 0 Å². The van der Waals surface area contributed by atoms with Crippen LogP contribution in [0.15, 0.2) is 77.8 Å². The average Bonchev–Trinajstić information content (AvgIpc) is 3.05. The number of ether oxygens (including phenoxy) is 3. The first kappa shape index (κ1) is 16.6. The van der Waals surface area contributed by atoms with Crippen LogP contribution in [0.5, 0.6) is 11.5 Å². The quantitative estimate of drug-likeness (QED) is 0.639. The largest absolute Gasteiger partial charge is 0.454 e. The zero-order valence-corrected chi connectivity index (χ0v) is 16.3. The standard InChI is InChI=1S/C25H20N2O3/c1-2-6-17(7-3-1)14-27-15-24-13-19-8-4-5-9-20(19)26-25(24,30-24)23(27)18-10-11-21-22(12-18)29-16-28-21/h1-13,23H,14-16H2. The van der Waals surface area contributed by atoms with Crippen LogP contribution in [0.25, 0.3) is 6.08 Å². The van der Waals surface area contributed by atoms with Gasteiger partial charge >= 0.3 is 0 Å². The van der Waals surface area contributed by atoms with Crippen molar-refractivity contribution in [2.24, 2.45) is 4.99 Å². The van der Waals surface area contributed by atoms with E-state index >= 15 is 0 Å². The molecule has 4 aliphatic heterocycles. The smallest absolute Gasteiger partial charge is 0.231 e. The molecule has 4 heterocycles. The molecule has 0 radical (unpaired) electrons. The monoisotopic (exact) mass is 396 g/mol. The molecule has 2 saturated heterocycles. The average molecular weight is 396 g/mol. The first-order valence-corrected chi connectivity index (χ1v) is 10.3. The molecule has 3 unspecified atom stereocenters. The van der Waals surface area contributed by atoms with Gasteiger partial charge in [0, 0.05) is 13.1 Å². The number of benzene rings is 3. The third-order valence-corrected chi connectivity index (χ3v) is 6.63. The third-order valence-electron chi connectivity index (χ3n) is 6.63. The van der Waals surface area contributed by atoms with Gasteiger partial charge in [0.15, 0.2) is 17.1 Å². The zero-order chi connectivity index (χ0) is 19.8. The Balaban J connectivity index is 1.38. The Morgan fingerprint density at radius 2 is 1.77 bits per heavy atom. The minimum Gasteiger partial charge on any atom is -0.454 e. The van der Waals surface area contributed by atoms with Crippen LogP contribution in [0.3, 0.4) is 0 Å². The van der Waals surface area contributed by atoms with Crippen LogP contribution in [0.1, 0.15) is 17.2 Å². The van der Waals surface area contributed by atoms with Crippen LogP contribution in [0, 0.1) is 0 Å². The molecule has 30 heavy (non-hydrogen) atoms. The van der Waals surface area contributed by atoms with Crippen molar-refractivity contribution in [3.63, 3.8) is 0 Å². The summed E-state index contributed by atoms with van der Waals surface area (Å²) in [5, 5.41) is 2.15. The fourth-order valence-electron chi connectivity index (χ4n) is 5.31. The maximum absolute atomic E-state index is 6.49. The molecular weight excluding hydrogens is 376 g/mol. The van der Waals surface area contributed by atoms with Crippen LogP contribution >= 0.6 is 0 Å². The normalized spacial score (nSPS) is 29.9. The van der Waals surface area contributed by atoms with Crippen LogP contribution < -0.4 is 20.0 Å². The van der Waals surface area contributed by atoms with Crippen molar-refractivity contribution >= 4 is 6.08 Å². The van der Waals surface area contributed by atoms with E-state index in [9.17, 15) is 0 Å². The molecule has 0 amide bonds. The minimum absolute atomic E-state index is 0.00295. The van der Waals surface area contributed by atoms with Crippen molar-refractivity contribution in [1.29, 1.82) is 0 Å². The van der Waals surface area contributed by atoms with Gasteiger partial charge in [-0.15, -0.1) is 0 Å². The van der Waals surface area contributed by atoms with Crippen molar-refractivity contribution in [1.82, 2.24) is 4.90 Å². The number of morpholine rings is 1. The highest BCUT2D eigenvalue weighted by atomic mass is 16.7. The second-order valence-electron chi connectivity index (χ2n) is 8.41. The molecule has 148 valence electrons. The van der Waals surface area contributed by atoms with Crippen LogP contribution in [0.4, 0.5) is 0 Å². The van der Waals surface area contributed by atoms with Gasteiger partial charge < -0.3 is 14.2 Å². The predicted molar refractivity (Wildman–Crippen MR) is 110 cm³/mol. The highest BCUT2D eigenvalue weighted by Gasteiger charge is 2.80. The lowest BCUT2D eigenvalue weighted by molar-refractivity contribution is 0.0862. The van der Waals surface area contributed by atoms with E-state index in [1.54, 1.807) is 0 Å². The molecule has 0 spiro atoms. The highest BCUT2D eigenvalue weighted by Crippen LogP contribution is 2.65. The molecule has 5 heteroatoms. The summed E-state index contributed by atoms with van der Waals surface area (Å²) in [5.74, 6) is 1.59. The molecule has 7 rings (SSSR count). The van der Waals surface area contributed by atoms with E-state index in [0.717, 1.165) is 40.7 Å². The summed E-state index contributed by atoms with van der Waals surface area (Å²) in [7, 11) is 0. The van der Waals surface area contributed by atoms with Gasteiger partial charge in [-0.2, -0.15) is 0 Å². The first-order valence-electron chi connectivity index (χ1n) is 10.3. The van der Waals surface area contributed by atoms with Gasteiger partial charge in [-0.3, -0.25) is 4.90 Å². The lowest BCUT2D eigenvalue weighted by Crippen LogP contribution is -2.38. The Morgan fingerprint density at radius 1 is 0.933 bits per heavy atom. The van der Waals surface area contributed by atoms with E-state index in [4.69, 9.17) is 19.2 Å². The molecule has 3 aromatic carbocycles. The maximum Gasteiger partial charge on any atom is 0.231 e. The first-order chi connectivity index (χ1) is 14.8. The van der Waals surface area contributed by atoms with Gasteiger partial charge in [0.25, 0.3) is 0 Å². The Bertz CT molecular complexity index is 1290. The molecule has 3 atom stereocenters. The SMILES string of the molecule is C1=c2ccccc2=NC23OC12CN(Cc1ccccc1)C3c1ccc2c(c1)OCO2. The highest BCUT2D eigenvalue weighted by molar-refractivity contribution is 5.56. The summed E-state index contributed by atoms with van der Waals surface area (Å²) in [5.41, 5.74) is 1.46. The molecule has 0 N–H and O–H groups in total. The number of hydrogen-bond acceptors (Lipinski definition) is 5. The topological polar surface area (TPSA) is 46.6 Å². The molecule has 5 nitrogen and oxygen atoms in total. The number of nitrogens with zero attached hydrogens (tertiary/aromatic N) is 2. The lowest BCUT2D eigenvalue weighted by Gasteiger charge is -2.29. The van der Waals surface area contributed by atoms with E-state index < -0.39 is 5.72 Å². The van der Waals surface area contributed by atoms with Gasteiger partial charge in [-0.25, -0.2) is 4.99 Å². The van der Waals surface area contributed by atoms with E-state index in [1.165, 1.54) is 5.56 Å². The van der Waals surface area contributed by atoms with Gasteiger partial charge in [-0.1, -0.05) is 54.6 Å². The Labute approximate surface area is 173 Å². The molecular formula is C25H20N2O3. The Hall–Kier alpha value is -3.15. The zero-order valence-electron chi connectivity index (χ0n) is 16.3. The van der Waals surface area contributed by atoms with Gasteiger partial charge in [0.05, 0.1) is 11.4 Å². The summed E-state index contributed by atoms with van der Waals surface area (Å²) in [6.07, 6.45) is 2.28. The molecule has 0 saturated carbocycles. The summed E-state index contributed by atoms with van der Waals surface area (Å²) in [6, 6.07) is 25.1. The van der Waals surface area contributed by atoms with Crippen molar-refractivity contribution in [2.75, 3.05) is 13.3 Å². The Kier molecular flexibility index (Phi) is 3.17. The van der Waals surface area contributed by atoms with E-state index in [2.05, 4.69) is 71.6 Å². The fraction of sp³-hybridized carbons (Fsp3) is 0.240. The van der Waals surface area contributed by atoms with Crippen molar-refractivity contribution in [3.05, 3.63) is 94.5 Å². The van der Waals surface area contributed by atoms with E-state index in [-0.39, 0.29) is 18.4 Å². The fourth-order valence-corrected chi connectivity index (χ4v) is 5.31. The second kappa shape index (κ2) is 5.72. The molecule has 0 aromatic heterocycles. The predicted octanol–water partition coefficient (Wildman–Crippen LogP) is 2.55. The molecule has 3 aromatic rings. The second-order valence-corrected chi connectivity index (χ2v) is 8.41. The third kappa shape index (κ3) is 2.16. The number of fused-ring (bicyclic) bond motifs is 2.